The first kappa shape index (κ1) is 13.6. The quantitative estimate of drug-likeness (QED) is 0.820. The van der Waals surface area contributed by atoms with Gasteiger partial charge in [-0.3, -0.25) is 9.59 Å². The van der Waals surface area contributed by atoms with E-state index in [9.17, 15) is 9.59 Å². The summed E-state index contributed by atoms with van der Waals surface area (Å²) >= 11 is 3.19. The van der Waals surface area contributed by atoms with E-state index in [1.807, 2.05) is 0 Å². The van der Waals surface area contributed by atoms with Crippen LogP contribution in [-0.2, 0) is 4.79 Å². The third-order valence-corrected chi connectivity index (χ3v) is 2.49. The molecule has 6 heteroatoms. The number of hydrogen-bond acceptors (Lipinski definition) is 3. The van der Waals surface area contributed by atoms with Crippen LogP contribution in [0.4, 0.5) is 0 Å². The fraction of sp³-hybridized carbons (Fsp3) is 0.364. The van der Waals surface area contributed by atoms with Crippen LogP contribution in [0.1, 0.15) is 30.6 Å². The number of carbonyl (C=O) groups is 2. The first-order valence-electron chi connectivity index (χ1n) is 5.02. The topological polar surface area (TPSA) is 85.1 Å². The van der Waals surface area contributed by atoms with Crippen LogP contribution in [0, 0.1) is 0 Å². The summed E-state index contributed by atoms with van der Waals surface area (Å²) in [6.45, 7) is 3.48. The monoisotopic (exact) mass is 299 g/mol. The Kier molecular flexibility index (Phi) is 4.22. The van der Waals surface area contributed by atoms with E-state index in [1.165, 1.54) is 6.20 Å². The van der Waals surface area contributed by atoms with E-state index in [4.69, 9.17) is 5.73 Å². The number of aromatic nitrogens is 1. The van der Waals surface area contributed by atoms with Crippen molar-refractivity contribution in [2.24, 2.45) is 5.73 Å². The smallest absolute Gasteiger partial charge is 0.251 e. The lowest BCUT2D eigenvalue weighted by Gasteiger charge is -2.24. The van der Waals surface area contributed by atoms with Crippen LogP contribution in [0.15, 0.2) is 22.9 Å². The molecular weight excluding hydrogens is 286 g/mol. The Hall–Kier alpha value is -1.43. The Morgan fingerprint density at radius 2 is 2.18 bits per heavy atom. The number of hydrogen-bond donors (Lipinski definition) is 2. The van der Waals surface area contributed by atoms with E-state index in [0.29, 0.717) is 10.2 Å². The molecule has 17 heavy (non-hydrogen) atoms. The third kappa shape index (κ3) is 4.52. The zero-order valence-corrected chi connectivity index (χ0v) is 11.2. The van der Waals surface area contributed by atoms with Crippen LogP contribution in [0.3, 0.4) is 0 Å². The highest BCUT2D eigenvalue weighted by Crippen LogP contribution is 2.12. The van der Waals surface area contributed by atoms with Crippen LogP contribution in [0.2, 0.25) is 0 Å². The maximum atomic E-state index is 11.9. The van der Waals surface area contributed by atoms with Gasteiger partial charge in [0.2, 0.25) is 5.91 Å². The largest absolute Gasteiger partial charge is 0.370 e. The zero-order valence-electron chi connectivity index (χ0n) is 9.66. The maximum absolute atomic E-state index is 11.9. The van der Waals surface area contributed by atoms with Crippen molar-refractivity contribution >= 4 is 27.7 Å². The molecular formula is C11H14BrN3O2. The van der Waals surface area contributed by atoms with Gasteiger partial charge >= 0.3 is 0 Å². The SMILES string of the molecule is CC(C)(CC(N)=O)NC(=O)c1ccnc(Br)c1. The molecule has 92 valence electrons. The van der Waals surface area contributed by atoms with Crippen LogP contribution in [-0.4, -0.2) is 22.3 Å². The number of primary amides is 1. The second-order valence-electron chi connectivity index (χ2n) is 4.35. The van der Waals surface area contributed by atoms with Gasteiger partial charge in [-0.1, -0.05) is 0 Å². The molecule has 3 N–H and O–H groups in total. The average Bonchev–Trinajstić information content (AvgIpc) is 2.14. The van der Waals surface area contributed by atoms with Crippen LogP contribution < -0.4 is 11.1 Å². The summed E-state index contributed by atoms with van der Waals surface area (Å²) in [5, 5.41) is 2.74. The molecule has 0 atom stereocenters. The lowest BCUT2D eigenvalue weighted by molar-refractivity contribution is -0.119. The van der Waals surface area contributed by atoms with Crippen molar-refractivity contribution in [1.29, 1.82) is 0 Å². The molecule has 0 bridgehead atoms. The van der Waals surface area contributed by atoms with Gasteiger partial charge in [0.05, 0.1) is 0 Å². The summed E-state index contributed by atoms with van der Waals surface area (Å²) in [5.74, 6) is -0.717. The Labute approximate surface area is 108 Å². The second-order valence-corrected chi connectivity index (χ2v) is 5.16. The third-order valence-electron chi connectivity index (χ3n) is 2.06. The molecule has 1 rings (SSSR count). The molecule has 0 aliphatic rings. The van der Waals surface area contributed by atoms with Gasteiger partial charge in [-0.05, 0) is 41.9 Å². The molecule has 0 unspecified atom stereocenters. The first-order valence-corrected chi connectivity index (χ1v) is 5.82. The van der Waals surface area contributed by atoms with E-state index in [0.717, 1.165) is 0 Å². The first-order chi connectivity index (χ1) is 7.80. The molecule has 1 heterocycles. The van der Waals surface area contributed by atoms with Crippen molar-refractivity contribution in [3.8, 4) is 0 Å². The average molecular weight is 300 g/mol. The Bertz CT molecular complexity index is 446. The molecule has 0 aliphatic carbocycles. The summed E-state index contributed by atoms with van der Waals surface area (Å²) in [4.78, 5) is 26.7. The molecule has 0 saturated heterocycles. The van der Waals surface area contributed by atoms with Crippen molar-refractivity contribution < 1.29 is 9.59 Å². The van der Waals surface area contributed by atoms with Gasteiger partial charge in [0, 0.05) is 23.7 Å². The molecule has 0 saturated carbocycles. The second kappa shape index (κ2) is 5.27. The van der Waals surface area contributed by atoms with Gasteiger partial charge in [-0.25, -0.2) is 4.98 Å². The molecule has 0 aromatic carbocycles. The molecule has 1 aromatic rings. The van der Waals surface area contributed by atoms with Crippen molar-refractivity contribution in [2.75, 3.05) is 0 Å². The summed E-state index contributed by atoms with van der Waals surface area (Å²) in [7, 11) is 0. The number of carbonyl (C=O) groups excluding carboxylic acids is 2. The molecule has 0 radical (unpaired) electrons. The normalized spacial score (nSPS) is 11.0. The predicted octanol–water partition coefficient (Wildman–Crippen LogP) is 1.23. The Balaban J connectivity index is 2.75. The molecule has 0 fully saturated rings. The number of nitrogens with zero attached hydrogens (tertiary/aromatic N) is 1. The van der Waals surface area contributed by atoms with Crippen molar-refractivity contribution in [1.82, 2.24) is 10.3 Å². The molecule has 5 nitrogen and oxygen atoms in total. The fourth-order valence-corrected chi connectivity index (χ4v) is 1.77. The summed E-state index contributed by atoms with van der Waals surface area (Å²) in [5.41, 5.74) is 4.92. The highest BCUT2D eigenvalue weighted by atomic mass is 79.9. The van der Waals surface area contributed by atoms with Gasteiger partial charge in [0.15, 0.2) is 0 Å². The standard InChI is InChI=1S/C11H14BrN3O2/c1-11(2,6-9(13)16)15-10(17)7-3-4-14-8(12)5-7/h3-5H,6H2,1-2H3,(H2,13,16)(H,15,17). The maximum Gasteiger partial charge on any atom is 0.251 e. The van der Waals surface area contributed by atoms with Crippen molar-refractivity contribution in [3.05, 3.63) is 28.5 Å². The highest BCUT2D eigenvalue weighted by molar-refractivity contribution is 9.10. The van der Waals surface area contributed by atoms with Crippen molar-refractivity contribution in [2.45, 2.75) is 25.8 Å². The van der Waals surface area contributed by atoms with E-state index in [1.54, 1.807) is 26.0 Å². The summed E-state index contributed by atoms with van der Waals surface area (Å²) in [6.07, 6.45) is 1.62. The van der Waals surface area contributed by atoms with Crippen LogP contribution in [0.25, 0.3) is 0 Å². The lowest BCUT2D eigenvalue weighted by atomic mass is 10.00. The number of pyridine rings is 1. The highest BCUT2D eigenvalue weighted by Gasteiger charge is 2.23. The van der Waals surface area contributed by atoms with Crippen molar-refractivity contribution in [3.63, 3.8) is 0 Å². The fourth-order valence-electron chi connectivity index (χ4n) is 1.40. The van der Waals surface area contributed by atoms with Gasteiger partial charge in [-0.2, -0.15) is 0 Å². The number of amides is 2. The zero-order chi connectivity index (χ0) is 13.1. The minimum atomic E-state index is -0.668. The van der Waals surface area contributed by atoms with E-state index in [2.05, 4.69) is 26.2 Å². The number of rotatable bonds is 4. The molecule has 2 amide bonds. The lowest BCUT2D eigenvalue weighted by Crippen LogP contribution is -2.46. The van der Waals surface area contributed by atoms with E-state index >= 15 is 0 Å². The Morgan fingerprint density at radius 1 is 1.53 bits per heavy atom. The summed E-state index contributed by atoms with van der Waals surface area (Å²) < 4.78 is 0.581. The van der Waals surface area contributed by atoms with Gasteiger partial charge < -0.3 is 11.1 Å². The van der Waals surface area contributed by atoms with Gasteiger partial charge in [-0.15, -0.1) is 0 Å². The predicted molar refractivity (Wildman–Crippen MR) is 67.3 cm³/mol. The minimum absolute atomic E-state index is 0.0883. The molecule has 0 aliphatic heterocycles. The number of halogens is 1. The van der Waals surface area contributed by atoms with Crippen LogP contribution in [0.5, 0.6) is 0 Å². The van der Waals surface area contributed by atoms with Gasteiger partial charge in [0.1, 0.15) is 4.60 Å². The van der Waals surface area contributed by atoms with E-state index in [-0.39, 0.29) is 12.3 Å². The molecule has 0 spiro atoms. The number of nitrogens with two attached hydrogens (primary N) is 1. The minimum Gasteiger partial charge on any atom is -0.370 e. The molecule has 1 aromatic heterocycles. The van der Waals surface area contributed by atoms with E-state index < -0.39 is 11.4 Å². The van der Waals surface area contributed by atoms with Gasteiger partial charge in [0.25, 0.3) is 5.91 Å². The number of nitrogens with one attached hydrogen (secondary N) is 1. The van der Waals surface area contributed by atoms with Crippen LogP contribution >= 0.6 is 15.9 Å². The Morgan fingerprint density at radius 3 is 2.71 bits per heavy atom. The summed E-state index contributed by atoms with van der Waals surface area (Å²) in [6, 6.07) is 3.20.